The van der Waals surface area contributed by atoms with E-state index >= 15 is 0 Å². The van der Waals surface area contributed by atoms with E-state index in [9.17, 15) is 4.79 Å². The average Bonchev–Trinajstić information content (AvgIpc) is 2.95. The molecule has 3 rings (SSSR count). The van der Waals surface area contributed by atoms with Gasteiger partial charge in [0.2, 0.25) is 0 Å². The first-order chi connectivity index (χ1) is 13.7. The second-order valence-electron chi connectivity index (χ2n) is 6.60. The van der Waals surface area contributed by atoms with Crippen LogP contribution in [0.3, 0.4) is 0 Å². The van der Waals surface area contributed by atoms with Crippen LogP contribution in [0.15, 0.2) is 48.0 Å². The Hall–Kier alpha value is -2.79. The number of anilines is 1. The number of carbonyl (C=O) groups is 1. The summed E-state index contributed by atoms with van der Waals surface area (Å²) in [5.74, 6) is 0.539. The van der Waals surface area contributed by atoms with Gasteiger partial charge in [-0.05, 0) is 48.2 Å². The van der Waals surface area contributed by atoms with Crippen molar-refractivity contribution in [3.63, 3.8) is 0 Å². The molecule has 0 atom stereocenters. The van der Waals surface area contributed by atoms with Crippen molar-refractivity contribution in [1.82, 2.24) is 0 Å². The highest BCUT2D eigenvalue weighted by Crippen LogP contribution is 2.34. The summed E-state index contributed by atoms with van der Waals surface area (Å²) < 4.78 is 16.4. The Morgan fingerprint density at radius 3 is 2.79 bits per heavy atom. The van der Waals surface area contributed by atoms with Crippen LogP contribution in [0.4, 0.5) is 5.69 Å². The van der Waals surface area contributed by atoms with Gasteiger partial charge < -0.3 is 19.5 Å². The number of nitrogens with one attached hydrogen (secondary N) is 1. The number of hydrogen-bond acceptors (Lipinski definition) is 5. The summed E-state index contributed by atoms with van der Waals surface area (Å²) >= 11 is 0. The summed E-state index contributed by atoms with van der Waals surface area (Å²) in [7, 11) is 1.41. The van der Waals surface area contributed by atoms with Crippen LogP contribution in [0.2, 0.25) is 0 Å². The van der Waals surface area contributed by atoms with Gasteiger partial charge in [-0.3, -0.25) is 0 Å². The van der Waals surface area contributed by atoms with E-state index in [4.69, 9.17) is 14.2 Å². The number of para-hydroxylation sites is 1. The largest absolute Gasteiger partial charge is 0.491 e. The molecule has 5 heteroatoms. The minimum absolute atomic E-state index is 0.282. The Morgan fingerprint density at radius 1 is 1.11 bits per heavy atom. The maximum atomic E-state index is 12.0. The van der Waals surface area contributed by atoms with Crippen molar-refractivity contribution >= 4 is 17.7 Å². The van der Waals surface area contributed by atoms with Gasteiger partial charge in [-0.2, -0.15) is 0 Å². The molecule has 148 valence electrons. The summed E-state index contributed by atoms with van der Waals surface area (Å²) in [6, 6.07) is 14.2. The molecule has 2 aromatic carbocycles. The van der Waals surface area contributed by atoms with E-state index in [1.165, 1.54) is 7.11 Å². The molecule has 5 nitrogen and oxygen atoms in total. The van der Waals surface area contributed by atoms with Crippen molar-refractivity contribution in [2.24, 2.45) is 0 Å². The maximum absolute atomic E-state index is 12.0. The van der Waals surface area contributed by atoms with Gasteiger partial charge in [0.05, 0.1) is 13.7 Å². The second-order valence-corrected chi connectivity index (χ2v) is 6.60. The Bertz CT molecular complexity index is 844. The number of rotatable bonds is 8. The van der Waals surface area contributed by atoms with E-state index in [-0.39, 0.29) is 5.97 Å². The van der Waals surface area contributed by atoms with Crippen molar-refractivity contribution in [3.8, 4) is 16.9 Å². The van der Waals surface area contributed by atoms with Gasteiger partial charge in [0, 0.05) is 30.0 Å². The lowest BCUT2D eigenvalue weighted by atomic mass is 10.00. The molecule has 0 fully saturated rings. The molecule has 28 heavy (non-hydrogen) atoms. The third-order valence-corrected chi connectivity index (χ3v) is 4.57. The van der Waals surface area contributed by atoms with Gasteiger partial charge in [0.25, 0.3) is 0 Å². The lowest BCUT2D eigenvalue weighted by Crippen LogP contribution is -2.08. The highest BCUT2D eigenvalue weighted by molar-refractivity contribution is 5.95. The summed E-state index contributed by atoms with van der Waals surface area (Å²) in [5, 5.41) is 3.37. The highest BCUT2D eigenvalue weighted by atomic mass is 16.5. The van der Waals surface area contributed by atoms with Crippen molar-refractivity contribution < 1.29 is 19.0 Å². The highest BCUT2D eigenvalue weighted by Gasteiger charge is 2.16. The van der Waals surface area contributed by atoms with Gasteiger partial charge in [-0.1, -0.05) is 31.2 Å². The minimum Gasteiger partial charge on any atom is -0.491 e. The fourth-order valence-corrected chi connectivity index (χ4v) is 3.18. The number of fused-ring (bicyclic) bond motifs is 1. The van der Waals surface area contributed by atoms with Crippen molar-refractivity contribution in [2.75, 3.05) is 38.8 Å². The van der Waals surface area contributed by atoms with E-state index in [0.29, 0.717) is 31.8 Å². The molecular formula is C23H27NO4. The molecule has 0 radical (unpaired) electrons. The molecule has 0 spiro atoms. The zero-order valence-corrected chi connectivity index (χ0v) is 16.5. The third-order valence-electron chi connectivity index (χ3n) is 4.57. The lowest BCUT2D eigenvalue weighted by molar-refractivity contribution is -0.136. The molecule has 0 amide bonds. The molecule has 0 saturated carbocycles. The zero-order chi connectivity index (χ0) is 19.8. The predicted molar refractivity (Wildman–Crippen MR) is 112 cm³/mol. The number of benzene rings is 2. The van der Waals surface area contributed by atoms with Crippen LogP contribution in [0, 0.1) is 0 Å². The minimum atomic E-state index is -0.282. The average molecular weight is 381 g/mol. The smallest absolute Gasteiger partial charge is 0.333 e. The normalized spacial score (nSPS) is 13.0. The topological polar surface area (TPSA) is 56.8 Å². The summed E-state index contributed by atoms with van der Waals surface area (Å²) in [5.41, 5.74) is 4.69. The Kier molecular flexibility index (Phi) is 7.09. The summed E-state index contributed by atoms with van der Waals surface area (Å²) in [4.78, 5) is 12.0. The van der Waals surface area contributed by atoms with Gasteiger partial charge in [0.15, 0.2) is 0 Å². The van der Waals surface area contributed by atoms with E-state index in [1.54, 1.807) is 0 Å². The van der Waals surface area contributed by atoms with Gasteiger partial charge in [-0.15, -0.1) is 0 Å². The molecule has 1 N–H and O–H groups in total. The molecule has 0 saturated heterocycles. The van der Waals surface area contributed by atoms with E-state index in [2.05, 4.69) is 24.4 Å². The molecule has 0 aromatic heterocycles. The van der Waals surface area contributed by atoms with E-state index in [0.717, 1.165) is 41.2 Å². The first kappa shape index (κ1) is 20.0. The molecule has 0 bridgehead atoms. The first-order valence-corrected chi connectivity index (χ1v) is 9.69. The predicted octanol–water partition coefficient (Wildman–Crippen LogP) is 4.53. The van der Waals surface area contributed by atoms with Crippen molar-refractivity contribution in [3.05, 3.63) is 53.6 Å². The van der Waals surface area contributed by atoms with Gasteiger partial charge in [-0.25, -0.2) is 4.79 Å². The van der Waals surface area contributed by atoms with E-state index in [1.807, 2.05) is 36.4 Å². The SMILES string of the molecule is CCCOCCOc1ccccc1-c1ccc2c(c1)C=C(C(=O)OC)CCN2. The zero-order valence-electron chi connectivity index (χ0n) is 16.5. The second kappa shape index (κ2) is 9.95. The number of hydrogen-bond donors (Lipinski definition) is 1. The van der Waals surface area contributed by atoms with Gasteiger partial charge >= 0.3 is 5.97 Å². The monoisotopic (exact) mass is 381 g/mol. The summed E-state index contributed by atoms with van der Waals surface area (Å²) in [6.07, 6.45) is 3.54. The Balaban J connectivity index is 1.85. The van der Waals surface area contributed by atoms with Crippen LogP contribution >= 0.6 is 0 Å². The Morgan fingerprint density at radius 2 is 1.96 bits per heavy atom. The van der Waals surface area contributed by atoms with Crippen LogP contribution in [0.5, 0.6) is 5.75 Å². The molecule has 0 unspecified atom stereocenters. The third kappa shape index (κ3) is 4.93. The number of carbonyl (C=O) groups excluding carboxylic acids is 1. The fourth-order valence-electron chi connectivity index (χ4n) is 3.18. The molecule has 0 aliphatic carbocycles. The standard InChI is InChI=1S/C23H27NO4/c1-3-12-27-13-14-28-22-7-5-4-6-20(22)17-8-9-21-19(15-17)16-18(10-11-24-21)23(25)26-2/h4-9,15-16,24H,3,10-14H2,1-2H3. The fraction of sp³-hybridized carbons (Fsp3) is 0.348. The Labute approximate surface area is 166 Å². The molecule has 1 aliphatic rings. The quantitative estimate of drug-likeness (QED) is 0.538. The number of ether oxygens (including phenoxy) is 3. The van der Waals surface area contributed by atoms with E-state index < -0.39 is 0 Å². The number of esters is 1. The van der Waals surface area contributed by atoms with Crippen molar-refractivity contribution in [2.45, 2.75) is 19.8 Å². The van der Waals surface area contributed by atoms with Crippen molar-refractivity contribution in [1.29, 1.82) is 0 Å². The molecule has 1 heterocycles. The summed E-state index contributed by atoms with van der Waals surface area (Å²) in [6.45, 7) is 4.61. The van der Waals surface area contributed by atoms with Crippen LogP contribution in [0.1, 0.15) is 25.3 Å². The van der Waals surface area contributed by atoms with Crippen LogP contribution in [0.25, 0.3) is 17.2 Å². The van der Waals surface area contributed by atoms with Crippen LogP contribution < -0.4 is 10.1 Å². The maximum Gasteiger partial charge on any atom is 0.333 e. The van der Waals surface area contributed by atoms with Crippen LogP contribution in [-0.4, -0.2) is 39.4 Å². The first-order valence-electron chi connectivity index (χ1n) is 9.69. The molecule has 1 aliphatic heterocycles. The van der Waals surface area contributed by atoms with Gasteiger partial charge in [0.1, 0.15) is 12.4 Å². The number of methoxy groups -OCH3 is 1. The molecule has 2 aromatic rings. The molecular weight excluding hydrogens is 354 g/mol. The lowest BCUT2D eigenvalue weighted by Gasteiger charge is -2.14. The van der Waals surface area contributed by atoms with Crippen LogP contribution in [-0.2, 0) is 14.3 Å².